The van der Waals surface area contributed by atoms with E-state index in [9.17, 15) is 5.11 Å². The summed E-state index contributed by atoms with van der Waals surface area (Å²) in [5.74, 6) is 0. The topological polar surface area (TPSA) is 62.4 Å². The molecule has 1 aromatic heterocycles. The van der Waals surface area contributed by atoms with E-state index >= 15 is 0 Å². The number of nitrogen functional groups attached to an aromatic ring is 1. The predicted octanol–water partition coefficient (Wildman–Crippen LogP) is 2.23. The van der Waals surface area contributed by atoms with Gasteiger partial charge in [0.25, 0.3) is 0 Å². The quantitative estimate of drug-likeness (QED) is 0.816. The average Bonchev–Trinajstić information content (AvgIpc) is 2.88. The van der Waals surface area contributed by atoms with Crippen molar-refractivity contribution in [3.05, 3.63) is 17.6 Å². The normalized spacial score (nSPS) is 20.5. The first-order chi connectivity index (χ1) is 8.81. The first kappa shape index (κ1) is 11.7. The fraction of sp³-hybridized carbons (Fsp3) is 0.462. The van der Waals surface area contributed by atoms with E-state index in [4.69, 9.17) is 5.73 Å². The number of anilines is 2. The molecule has 18 heavy (non-hydrogen) atoms. The fourth-order valence-electron chi connectivity index (χ4n) is 2.70. The summed E-state index contributed by atoms with van der Waals surface area (Å²) < 4.78 is 1.12. The first-order valence-corrected chi connectivity index (χ1v) is 7.18. The Morgan fingerprint density at radius 1 is 1.44 bits per heavy atom. The fourth-order valence-corrected chi connectivity index (χ4v) is 3.39. The molecule has 2 heterocycles. The summed E-state index contributed by atoms with van der Waals surface area (Å²) in [5, 5.41) is 9.49. The molecule has 1 fully saturated rings. The lowest BCUT2D eigenvalue weighted by Gasteiger charge is -2.37. The number of aromatic nitrogens is 1. The number of benzene rings is 1. The van der Waals surface area contributed by atoms with Crippen LogP contribution < -0.4 is 10.6 Å². The lowest BCUT2D eigenvalue weighted by Crippen LogP contribution is -2.42. The van der Waals surface area contributed by atoms with Crippen molar-refractivity contribution < 1.29 is 5.11 Å². The SMILES string of the molecule is Nc1c(N2CCCCC2CO)ccc2scnc12. The molecule has 0 radical (unpaired) electrons. The number of fused-ring (bicyclic) bond motifs is 1. The minimum Gasteiger partial charge on any atom is -0.395 e. The van der Waals surface area contributed by atoms with Gasteiger partial charge in [-0.15, -0.1) is 11.3 Å². The molecule has 1 unspecified atom stereocenters. The summed E-state index contributed by atoms with van der Waals surface area (Å²) in [5.41, 5.74) is 10.7. The highest BCUT2D eigenvalue weighted by Gasteiger charge is 2.24. The Morgan fingerprint density at radius 3 is 3.17 bits per heavy atom. The van der Waals surface area contributed by atoms with Crippen molar-refractivity contribution in [2.75, 3.05) is 23.8 Å². The van der Waals surface area contributed by atoms with Crippen LogP contribution in [0.1, 0.15) is 19.3 Å². The maximum absolute atomic E-state index is 9.49. The molecular weight excluding hydrogens is 246 g/mol. The van der Waals surface area contributed by atoms with E-state index in [2.05, 4.69) is 22.0 Å². The van der Waals surface area contributed by atoms with Gasteiger partial charge in [-0.25, -0.2) is 4.98 Å². The van der Waals surface area contributed by atoms with Crippen molar-refractivity contribution in [1.82, 2.24) is 4.98 Å². The molecule has 0 aliphatic carbocycles. The lowest BCUT2D eigenvalue weighted by molar-refractivity contribution is 0.240. The van der Waals surface area contributed by atoms with Crippen LogP contribution in [-0.2, 0) is 0 Å². The van der Waals surface area contributed by atoms with Gasteiger partial charge in [-0.05, 0) is 31.4 Å². The molecule has 5 heteroatoms. The monoisotopic (exact) mass is 263 g/mol. The second-order valence-corrected chi connectivity index (χ2v) is 5.61. The Balaban J connectivity index is 2.04. The van der Waals surface area contributed by atoms with Gasteiger partial charge in [0, 0.05) is 6.54 Å². The van der Waals surface area contributed by atoms with Crippen LogP contribution in [0, 0.1) is 0 Å². The smallest absolute Gasteiger partial charge is 0.106 e. The number of thiazole rings is 1. The number of aliphatic hydroxyl groups excluding tert-OH is 1. The second-order valence-electron chi connectivity index (χ2n) is 4.72. The Labute approximate surface area is 110 Å². The standard InChI is InChI=1S/C13H17N3OS/c14-12-10(4-5-11-13(12)15-8-18-11)16-6-2-1-3-9(16)7-17/h4-5,8-9,17H,1-3,6-7,14H2. The summed E-state index contributed by atoms with van der Waals surface area (Å²) >= 11 is 1.60. The molecule has 0 saturated carbocycles. The highest BCUT2D eigenvalue weighted by atomic mass is 32.1. The minimum atomic E-state index is 0.189. The summed E-state index contributed by atoms with van der Waals surface area (Å²) in [6, 6.07) is 4.32. The molecule has 96 valence electrons. The molecule has 1 atom stereocenters. The maximum Gasteiger partial charge on any atom is 0.106 e. The third-order valence-corrected chi connectivity index (χ3v) is 4.46. The van der Waals surface area contributed by atoms with Crippen LogP contribution >= 0.6 is 11.3 Å². The molecule has 3 N–H and O–H groups in total. The number of rotatable bonds is 2. The van der Waals surface area contributed by atoms with Gasteiger partial charge in [0.2, 0.25) is 0 Å². The van der Waals surface area contributed by atoms with Gasteiger partial charge >= 0.3 is 0 Å². The average molecular weight is 263 g/mol. The number of nitrogens with zero attached hydrogens (tertiary/aromatic N) is 2. The van der Waals surface area contributed by atoms with Crippen LogP contribution in [0.25, 0.3) is 10.2 Å². The summed E-state index contributed by atoms with van der Waals surface area (Å²) in [7, 11) is 0. The van der Waals surface area contributed by atoms with Crippen LogP contribution in [0.2, 0.25) is 0 Å². The van der Waals surface area contributed by atoms with Gasteiger partial charge < -0.3 is 15.7 Å². The van der Waals surface area contributed by atoms with Gasteiger partial charge in [-0.2, -0.15) is 0 Å². The summed E-state index contributed by atoms with van der Waals surface area (Å²) in [4.78, 5) is 6.56. The van der Waals surface area contributed by atoms with Crippen LogP contribution in [0.3, 0.4) is 0 Å². The van der Waals surface area contributed by atoms with E-state index in [1.807, 2.05) is 5.51 Å². The molecule has 1 saturated heterocycles. The molecule has 1 aliphatic heterocycles. The van der Waals surface area contributed by atoms with Crippen molar-refractivity contribution in [3.8, 4) is 0 Å². The van der Waals surface area contributed by atoms with E-state index in [-0.39, 0.29) is 12.6 Å². The number of hydrogen-bond acceptors (Lipinski definition) is 5. The molecule has 2 aromatic rings. The summed E-state index contributed by atoms with van der Waals surface area (Å²) in [6.07, 6.45) is 3.37. The van der Waals surface area contributed by atoms with E-state index in [0.29, 0.717) is 0 Å². The Morgan fingerprint density at radius 2 is 2.33 bits per heavy atom. The minimum absolute atomic E-state index is 0.189. The maximum atomic E-state index is 9.49. The number of aliphatic hydroxyl groups is 1. The molecule has 1 aromatic carbocycles. The van der Waals surface area contributed by atoms with Gasteiger partial charge in [0.15, 0.2) is 0 Å². The molecule has 0 amide bonds. The Hall–Kier alpha value is -1.33. The van der Waals surface area contributed by atoms with Gasteiger partial charge in [-0.3, -0.25) is 0 Å². The van der Waals surface area contributed by atoms with Gasteiger partial charge in [-0.1, -0.05) is 0 Å². The molecule has 3 rings (SSSR count). The Kier molecular flexibility index (Phi) is 3.09. The van der Waals surface area contributed by atoms with Gasteiger partial charge in [0.05, 0.1) is 34.2 Å². The van der Waals surface area contributed by atoms with Crippen molar-refractivity contribution in [2.24, 2.45) is 0 Å². The predicted molar refractivity (Wildman–Crippen MR) is 76.1 cm³/mol. The number of piperidine rings is 1. The third kappa shape index (κ3) is 1.83. The zero-order chi connectivity index (χ0) is 12.5. The number of nitrogens with two attached hydrogens (primary N) is 1. The van der Waals surface area contributed by atoms with Crippen molar-refractivity contribution in [1.29, 1.82) is 0 Å². The van der Waals surface area contributed by atoms with Crippen LogP contribution in [0.4, 0.5) is 11.4 Å². The lowest BCUT2D eigenvalue weighted by atomic mass is 10.0. The van der Waals surface area contributed by atoms with Crippen molar-refractivity contribution in [2.45, 2.75) is 25.3 Å². The number of hydrogen-bond donors (Lipinski definition) is 2. The van der Waals surface area contributed by atoms with Crippen molar-refractivity contribution >= 4 is 32.9 Å². The van der Waals surface area contributed by atoms with E-state index in [1.165, 1.54) is 6.42 Å². The molecule has 0 spiro atoms. The highest BCUT2D eigenvalue weighted by Crippen LogP contribution is 2.35. The van der Waals surface area contributed by atoms with E-state index < -0.39 is 0 Å². The second kappa shape index (κ2) is 4.74. The highest BCUT2D eigenvalue weighted by molar-refractivity contribution is 7.16. The first-order valence-electron chi connectivity index (χ1n) is 6.30. The van der Waals surface area contributed by atoms with Gasteiger partial charge in [0.1, 0.15) is 5.52 Å². The molecule has 4 nitrogen and oxygen atoms in total. The van der Waals surface area contributed by atoms with Crippen LogP contribution in [0.15, 0.2) is 17.6 Å². The van der Waals surface area contributed by atoms with Crippen molar-refractivity contribution in [3.63, 3.8) is 0 Å². The van der Waals surface area contributed by atoms with E-state index in [1.54, 1.807) is 11.3 Å². The van der Waals surface area contributed by atoms with Crippen LogP contribution in [-0.4, -0.2) is 29.3 Å². The molecule has 0 bridgehead atoms. The third-order valence-electron chi connectivity index (χ3n) is 3.67. The zero-order valence-corrected chi connectivity index (χ0v) is 11.0. The Bertz CT molecular complexity index is 554. The summed E-state index contributed by atoms with van der Waals surface area (Å²) in [6.45, 7) is 1.15. The molecule has 1 aliphatic rings. The zero-order valence-electron chi connectivity index (χ0n) is 10.2. The molecular formula is C13H17N3OS. The van der Waals surface area contributed by atoms with Crippen LogP contribution in [0.5, 0.6) is 0 Å². The van der Waals surface area contributed by atoms with E-state index in [0.717, 1.165) is 41.0 Å². The largest absolute Gasteiger partial charge is 0.395 e.